The summed E-state index contributed by atoms with van der Waals surface area (Å²) in [6.45, 7) is 0. The number of pyridine rings is 1. The topological polar surface area (TPSA) is 3.88 Å². The maximum atomic E-state index is 11.8. The lowest BCUT2D eigenvalue weighted by Crippen LogP contribution is -2.18. The van der Waals surface area contributed by atoms with Crippen molar-refractivity contribution in [1.82, 2.24) is 0 Å². The molecule has 0 aliphatic carbocycles. The molecular weight excluding hydrogens is 92.1 g/mol. The van der Waals surface area contributed by atoms with Crippen molar-refractivity contribution in [2.45, 2.75) is 0 Å². The molecule has 1 heterocycles. The second-order valence-corrected chi connectivity index (χ2v) is 1.22. The molecule has 0 saturated heterocycles. The van der Waals surface area contributed by atoms with E-state index in [1.807, 2.05) is 0 Å². The van der Waals surface area contributed by atoms with Crippen LogP contribution in [0.4, 0.5) is 4.48 Å². The second-order valence-electron chi connectivity index (χ2n) is 1.22. The quantitative estimate of drug-likeness (QED) is 0.449. The van der Waals surface area contributed by atoms with Crippen molar-refractivity contribution in [3.8, 4) is 0 Å². The number of hydrogen-bond acceptors (Lipinski definition) is 0. The normalized spacial score (nSPS) is 8.71. The van der Waals surface area contributed by atoms with E-state index in [9.17, 15) is 4.48 Å². The van der Waals surface area contributed by atoms with Crippen molar-refractivity contribution >= 4 is 0 Å². The highest BCUT2D eigenvalue weighted by atomic mass is 18.2. The van der Waals surface area contributed by atoms with Crippen LogP contribution in [-0.2, 0) is 0 Å². The Morgan fingerprint density at radius 2 is 1.57 bits per heavy atom. The minimum Gasteiger partial charge on any atom is -0.0501 e. The third-order valence-corrected chi connectivity index (χ3v) is 0.679. The molecule has 1 rings (SSSR count). The molecule has 0 radical (unpaired) electrons. The van der Waals surface area contributed by atoms with Gasteiger partial charge in [-0.1, -0.05) is 6.07 Å². The zero-order chi connectivity index (χ0) is 5.11. The van der Waals surface area contributed by atoms with Crippen molar-refractivity contribution in [2.24, 2.45) is 0 Å². The first-order valence-electron chi connectivity index (χ1n) is 2.02. The van der Waals surface area contributed by atoms with Gasteiger partial charge in [-0.25, -0.2) is 0 Å². The van der Waals surface area contributed by atoms with E-state index < -0.39 is 0 Å². The Morgan fingerprint density at radius 1 is 1.00 bits per heavy atom. The Hall–Kier alpha value is -0.920. The monoisotopic (exact) mass is 97.0 g/mol. The van der Waals surface area contributed by atoms with Crippen LogP contribution in [0.2, 0.25) is 0 Å². The molecule has 0 spiro atoms. The molecule has 0 unspecified atom stereocenters. The summed E-state index contributed by atoms with van der Waals surface area (Å²) in [4.78, 5) is 0.500. The molecule has 1 nitrogen and oxygen atoms in total. The Kier molecular flexibility index (Phi) is 1.02. The Bertz CT molecular complexity index is 138. The van der Waals surface area contributed by atoms with Gasteiger partial charge in [-0.3, -0.25) is 0 Å². The Balaban J connectivity index is 3.02. The summed E-state index contributed by atoms with van der Waals surface area (Å²) in [7, 11) is 0. The molecule has 0 atom stereocenters. The predicted molar refractivity (Wildman–Crippen MR) is 23.1 cm³/mol. The summed E-state index contributed by atoms with van der Waals surface area (Å²) in [5, 5.41) is 0. The SMILES string of the molecule is [18F][n+]1ccccc1. The number of nitrogens with zero attached hydrogens (tertiary/aromatic N) is 1. The largest absolute Gasteiger partial charge is 0.218 e. The molecule has 2 heteroatoms. The molecule has 0 aromatic carbocycles. The van der Waals surface area contributed by atoms with Crippen LogP contribution in [0.1, 0.15) is 0 Å². The fraction of sp³-hybridized carbons (Fsp3) is 0. The van der Waals surface area contributed by atoms with Crippen LogP contribution in [-0.4, -0.2) is 0 Å². The maximum absolute atomic E-state index is 11.8. The zero-order valence-electron chi connectivity index (χ0n) is 3.71. The first kappa shape index (κ1) is 4.24. The van der Waals surface area contributed by atoms with Gasteiger partial charge in [0.2, 0.25) is 12.4 Å². The van der Waals surface area contributed by atoms with E-state index in [-0.39, 0.29) is 0 Å². The summed E-state index contributed by atoms with van der Waals surface area (Å²) in [5.74, 6) is 0. The van der Waals surface area contributed by atoms with Crippen molar-refractivity contribution in [3.05, 3.63) is 30.6 Å². The highest BCUT2D eigenvalue weighted by molar-refractivity contribution is 4.82. The first-order chi connectivity index (χ1) is 3.39. The lowest BCUT2D eigenvalue weighted by atomic mass is 10.5. The predicted octanol–water partition coefficient (Wildman–Crippen LogP) is 0.707. The van der Waals surface area contributed by atoms with E-state index in [0.29, 0.717) is 4.79 Å². The van der Waals surface area contributed by atoms with Crippen LogP contribution in [0, 0.1) is 0 Å². The van der Waals surface area contributed by atoms with Gasteiger partial charge in [0.05, 0.1) is 4.48 Å². The smallest absolute Gasteiger partial charge is 0.0501 e. The molecule has 1 aromatic heterocycles. The molecule has 7 heavy (non-hydrogen) atoms. The lowest BCUT2D eigenvalue weighted by molar-refractivity contribution is -0.843. The third-order valence-electron chi connectivity index (χ3n) is 0.679. The Labute approximate surface area is 41.0 Å². The molecule has 0 aliphatic rings. The van der Waals surface area contributed by atoms with Gasteiger partial charge in [0, 0.05) is 16.9 Å². The van der Waals surface area contributed by atoms with E-state index in [1.165, 1.54) is 12.4 Å². The fourth-order valence-corrected chi connectivity index (χ4v) is 0.378. The van der Waals surface area contributed by atoms with E-state index in [2.05, 4.69) is 0 Å². The molecule has 0 N–H and O–H groups in total. The summed E-state index contributed by atoms with van der Waals surface area (Å²) >= 11 is 0. The number of aromatic nitrogens is 1. The van der Waals surface area contributed by atoms with Crippen molar-refractivity contribution < 1.29 is 9.27 Å². The Morgan fingerprint density at radius 3 is 1.86 bits per heavy atom. The molecule has 0 aliphatic heterocycles. The summed E-state index contributed by atoms with van der Waals surface area (Å²) < 4.78 is 11.8. The van der Waals surface area contributed by atoms with E-state index in [4.69, 9.17) is 0 Å². The van der Waals surface area contributed by atoms with E-state index in [1.54, 1.807) is 18.2 Å². The highest BCUT2D eigenvalue weighted by Gasteiger charge is 1.86. The van der Waals surface area contributed by atoms with Crippen molar-refractivity contribution in [2.75, 3.05) is 0 Å². The molecule has 36 valence electrons. The van der Waals surface area contributed by atoms with Gasteiger partial charge in [0.25, 0.3) is 0 Å². The van der Waals surface area contributed by atoms with Gasteiger partial charge in [-0.15, -0.1) is 0 Å². The van der Waals surface area contributed by atoms with Crippen LogP contribution in [0.5, 0.6) is 0 Å². The standard InChI is InChI=1S/C5H5FN/c6-7-4-2-1-3-5-7/h1-5H/q+1/i6-1. The molecule has 0 fully saturated rings. The fourth-order valence-electron chi connectivity index (χ4n) is 0.378. The molecule has 0 saturated carbocycles. The second kappa shape index (κ2) is 1.69. The summed E-state index contributed by atoms with van der Waals surface area (Å²) in [5.41, 5.74) is 0. The lowest BCUT2D eigenvalue weighted by Gasteiger charge is -1.69. The van der Waals surface area contributed by atoms with Crippen LogP contribution in [0.25, 0.3) is 0 Å². The molecule has 0 bridgehead atoms. The third kappa shape index (κ3) is 0.961. The molecular formula is C5H5FN+. The number of halogens is 1. The van der Waals surface area contributed by atoms with Crippen LogP contribution in [0.3, 0.4) is 0 Å². The van der Waals surface area contributed by atoms with Gasteiger partial charge in [-0.2, -0.15) is 0 Å². The molecule has 1 aromatic rings. The average Bonchev–Trinajstić information content (AvgIpc) is 1.69. The summed E-state index contributed by atoms with van der Waals surface area (Å²) in [6, 6.07) is 5.01. The van der Waals surface area contributed by atoms with Crippen LogP contribution < -0.4 is 4.79 Å². The first-order valence-corrected chi connectivity index (χ1v) is 2.02. The zero-order valence-corrected chi connectivity index (χ0v) is 3.71. The minimum absolute atomic E-state index is 0.500. The van der Waals surface area contributed by atoms with Gasteiger partial charge in [0.1, 0.15) is 0 Å². The van der Waals surface area contributed by atoms with Gasteiger partial charge < -0.3 is 0 Å². The minimum atomic E-state index is 0.500. The average molecular weight is 97.1 g/mol. The van der Waals surface area contributed by atoms with Gasteiger partial charge in [0.15, 0.2) is 0 Å². The van der Waals surface area contributed by atoms with Gasteiger partial charge in [-0.05, 0) is 0 Å². The number of hydrogen-bond donors (Lipinski definition) is 0. The number of rotatable bonds is 0. The highest BCUT2D eigenvalue weighted by Crippen LogP contribution is 1.73. The summed E-state index contributed by atoms with van der Waals surface area (Å²) in [6.07, 6.45) is 2.67. The maximum Gasteiger partial charge on any atom is 0.218 e. The van der Waals surface area contributed by atoms with Crippen LogP contribution in [0.15, 0.2) is 30.6 Å². The van der Waals surface area contributed by atoms with Gasteiger partial charge >= 0.3 is 0 Å². The molecule has 0 amide bonds. The van der Waals surface area contributed by atoms with Crippen molar-refractivity contribution in [1.29, 1.82) is 0 Å². The van der Waals surface area contributed by atoms with Crippen molar-refractivity contribution in [3.63, 3.8) is 0 Å². The van der Waals surface area contributed by atoms with E-state index >= 15 is 0 Å². The van der Waals surface area contributed by atoms with E-state index in [0.717, 1.165) is 0 Å². The van der Waals surface area contributed by atoms with Crippen LogP contribution >= 0.6 is 0 Å².